The summed E-state index contributed by atoms with van der Waals surface area (Å²) in [5.41, 5.74) is 3.51. The van der Waals surface area contributed by atoms with E-state index in [1.54, 1.807) is 6.20 Å². The molecule has 3 atom stereocenters. The minimum absolute atomic E-state index is 0.565. The monoisotopic (exact) mass is 341 g/mol. The van der Waals surface area contributed by atoms with E-state index in [4.69, 9.17) is 0 Å². The van der Waals surface area contributed by atoms with Gasteiger partial charge in [-0.05, 0) is 30.9 Å². The lowest BCUT2D eigenvalue weighted by molar-refractivity contribution is 0.400. The Hall–Kier alpha value is -1.94. The summed E-state index contributed by atoms with van der Waals surface area (Å²) < 4.78 is 14.8. The Kier molecular flexibility index (Phi) is 5.69. The van der Waals surface area contributed by atoms with Gasteiger partial charge in [-0.1, -0.05) is 43.7 Å². The second-order valence-corrected chi connectivity index (χ2v) is 6.86. The summed E-state index contributed by atoms with van der Waals surface area (Å²) in [7, 11) is 0. The number of benzene rings is 1. The quantitative estimate of drug-likeness (QED) is 0.903. The molecule has 0 radical (unpaired) electrons. The second-order valence-electron chi connectivity index (χ2n) is 6.86. The van der Waals surface area contributed by atoms with Crippen molar-refractivity contribution in [2.24, 2.45) is 5.92 Å². The van der Waals surface area contributed by atoms with E-state index in [1.165, 1.54) is 6.42 Å². The molecule has 1 aromatic carbocycles. The first-order chi connectivity index (χ1) is 12.2. The molecular weight excluding hydrogens is 313 g/mol. The number of halogens is 1. The van der Waals surface area contributed by atoms with Crippen molar-refractivity contribution in [2.75, 3.05) is 24.5 Å². The van der Waals surface area contributed by atoms with Crippen molar-refractivity contribution >= 4 is 5.69 Å². The van der Waals surface area contributed by atoms with Crippen molar-refractivity contribution in [3.63, 3.8) is 0 Å². The van der Waals surface area contributed by atoms with Crippen LogP contribution in [0.3, 0.4) is 0 Å². The lowest BCUT2D eigenvalue weighted by atomic mass is 9.99. The average molecular weight is 341 g/mol. The van der Waals surface area contributed by atoms with E-state index in [2.05, 4.69) is 15.2 Å². The normalized spacial score (nSPS) is 23.0. The van der Waals surface area contributed by atoms with Gasteiger partial charge in [0.15, 0.2) is 6.17 Å². The van der Waals surface area contributed by atoms with Crippen LogP contribution in [0.2, 0.25) is 0 Å². The molecule has 0 amide bonds. The maximum absolute atomic E-state index is 14.8. The molecule has 0 spiro atoms. The topological polar surface area (TPSA) is 28.2 Å². The number of hydrogen-bond acceptors (Lipinski definition) is 3. The van der Waals surface area contributed by atoms with Gasteiger partial charge in [0.1, 0.15) is 0 Å². The summed E-state index contributed by atoms with van der Waals surface area (Å²) in [6.45, 7) is 9.14. The Labute approximate surface area is 150 Å². The number of aryl methyl sites for hydroxylation is 1. The van der Waals surface area contributed by atoms with Gasteiger partial charge in [0.2, 0.25) is 0 Å². The van der Waals surface area contributed by atoms with Crippen LogP contribution in [0.25, 0.3) is 0 Å². The van der Waals surface area contributed by atoms with E-state index in [0.717, 1.165) is 30.9 Å². The number of piperidine rings is 1. The lowest BCUT2D eigenvalue weighted by Gasteiger charge is -2.33. The van der Waals surface area contributed by atoms with Gasteiger partial charge in [-0.3, -0.25) is 4.98 Å². The highest BCUT2D eigenvalue weighted by molar-refractivity contribution is 5.49. The van der Waals surface area contributed by atoms with Crippen molar-refractivity contribution in [1.82, 2.24) is 10.3 Å². The number of nitrogens with one attached hydrogen (secondary N) is 1. The molecule has 3 unspecified atom stereocenters. The SMILES string of the molecule is CC.Cc1ccc(C(F)c2cncc(N3CC4CNC(C4)C3)c2)cc1. The summed E-state index contributed by atoms with van der Waals surface area (Å²) in [5.74, 6) is 0.704. The summed E-state index contributed by atoms with van der Waals surface area (Å²) in [5, 5.41) is 3.55. The highest BCUT2D eigenvalue weighted by Crippen LogP contribution is 2.31. The first kappa shape index (κ1) is 17.9. The first-order valence-electron chi connectivity index (χ1n) is 9.33. The fraction of sp³-hybridized carbons (Fsp3) is 0.476. The third-order valence-corrected chi connectivity index (χ3v) is 5.01. The lowest BCUT2D eigenvalue weighted by Crippen LogP contribution is -2.41. The molecule has 3 heterocycles. The fourth-order valence-electron chi connectivity index (χ4n) is 3.73. The molecule has 1 aromatic heterocycles. The molecule has 4 rings (SSSR count). The smallest absolute Gasteiger partial charge is 0.152 e. The molecule has 4 heteroatoms. The molecule has 2 bridgehead atoms. The van der Waals surface area contributed by atoms with E-state index >= 15 is 0 Å². The Morgan fingerprint density at radius 1 is 1.12 bits per heavy atom. The molecule has 2 saturated heterocycles. The van der Waals surface area contributed by atoms with Gasteiger partial charge in [-0.25, -0.2) is 4.39 Å². The summed E-state index contributed by atoms with van der Waals surface area (Å²) in [6, 6.07) is 10.1. The zero-order valence-corrected chi connectivity index (χ0v) is 15.4. The molecule has 2 aromatic rings. The molecule has 3 nitrogen and oxygen atoms in total. The standard InChI is InChI=1S/C19H22FN3.C2H6/c1-13-2-4-15(5-3-13)19(20)16-7-18(10-21-9-16)23-11-14-6-17(12-23)22-8-14;1-2/h2-5,7,9-10,14,17,19,22H,6,8,11-12H2,1H3;1-2H3. The molecule has 0 saturated carbocycles. The third kappa shape index (κ3) is 4.01. The predicted molar refractivity (Wildman–Crippen MR) is 102 cm³/mol. The van der Waals surface area contributed by atoms with Gasteiger partial charge >= 0.3 is 0 Å². The van der Waals surface area contributed by atoms with Crippen molar-refractivity contribution in [3.05, 3.63) is 59.4 Å². The molecule has 2 aliphatic heterocycles. The predicted octanol–water partition coefficient (Wildman–Crippen LogP) is 4.27. The van der Waals surface area contributed by atoms with Crippen LogP contribution >= 0.6 is 0 Å². The molecule has 134 valence electrons. The number of alkyl halides is 1. The largest absolute Gasteiger partial charge is 0.368 e. The van der Waals surface area contributed by atoms with Crippen LogP contribution in [0.15, 0.2) is 42.7 Å². The van der Waals surface area contributed by atoms with Gasteiger partial charge < -0.3 is 10.2 Å². The number of nitrogens with zero attached hydrogens (tertiary/aromatic N) is 2. The molecule has 25 heavy (non-hydrogen) atoms. The van der Waals surface area contributed by atoms with Gasteiger partial charge in [0.05, 0.1) is 11.9 Å². The van der Waals surface area contributed by atoms with Gasteiger partial charge in [0.25, 0.3) is 0 Å². The highest BCUT2D eigenvalue weighted by atomic mass is 19.1. The van der Waals surface area contributed by atoms with E-state index in [1.807, 2.05) is 57.3 Å². The Morgan fingerprint density at radius 2 is 1.88 bits per heavy atom. The minimum Gasteiger partial charge on any atom is -0.368 e. The number of rotatable bonds is 3. The van der Waals surface area contributed by atoms with Crippen molar-refractivity contribution in [1.29, 1.82) is 0 Å². The van der Waals surface area contributed by atoms with Crippen LogP contribution in [0.4, 0.5) is 10.1 Å². The fourth-order valence-corrected chi connectivity index (χ4v) is 3.73. The van der Waals surface area contributed by atoms with Crippen molar-refractivity contribution in [2.45, 2.75) is 39.4 Å². The van der Waals surface area contributed by atoms with Gasteiger partial charge in [-0.2, -0.15) is 0 Å². The van der Waals surface area contributed by atoms with E-state index in [9.17, 15) is 4.39 Å². The molecular formula is C21H28FN3. The average Bonchev–Trinajstić information content (AvgIpc) is 3.01. The number of pyridine rings is 1. The Morgan fingerprint density at radius 3 is 2.60 bits per heavy atom. The summed E-state index contributed by atoms with van der Waals surface area (Å²) in [6.07, 6.45) is 3.64. The number of aromatic nitrogens is 1. The zero-order chi connectivity index (χ0) is 17.8. The van der Waals surface area contributed by atoms with Gasteiger partial charge in [0, 0.05) is 37.4 Å². The zero-order valence-electron chi connectivity index (χ0n) is 15.4. The first-order valence-corrected chi connectivity index (χ1v) is 9.33. The van der Waals surface area contributed by atoms with Crippen LogP contribution in [0.1, 0.15) is 43.1 Å². The summed E-state index contributed by atoms with van der Waals surface area (Å²) in [4.78, 5) is 6.64. The van der Waals surface area contributed by atoms with Crippen LogP contribution in [-0.2, 0) is 0 Å². The van der Waals surface area contributed by atoms with Crippen LogP contribution in [0.5, 0.6) is 0 Å². The van der Waals surface area contributed by atoms with E-state index in [0.29, 0.717) is 23.1 Å². The summed E-state index contributed by atoms with van der Waals surface area (Å²) >= 11 is 0. The Bertz CT molecular complexity index is 674. The number of hydrogen-bond donors (Lipinski definition) is 1. The molecule has 2 fully saturated rings. The highest BCUT2D eigenvalue weighted by Gasteiger charge is 2.32. The molecule has 2 aliphatic rings. The van der Waals surface area contributed by atoms with Crippen LogP contribution < -0.4 is 10.2 Å². The maximum Gasteiger partial charge on any atom is 0.152 e. The van der Waals surface area contributed by atoms with Gasteiger partial charge in [-0.15, -0.1) is 0 Å². The van der Waals surface area contributed by atoms with Crippen molar-refractivity contribution in [3.8, 4) is 0 Å². The second kappa shape index (κ2) is 7.96. The third-order valence-electron chi connectivity index (χ3n) is 5.01. The minimum atomic E-state index is -1.12. The maximum atomic E-state index is 14.8. The molecule has 0 aliphatic carbocycles. The van der Waals surface area contributed by atoms with E-state index < -0.39 is 6.17 Å². The van der Waals surface area contributed by atoms with Crippen LogP contribution in [-0.4, -0.2) is 30.7 Å². The molecule has 1 N–H and O–H groups in total. The Balaban J connectivity index is 0.000000880. The number of anilines is 1. The van der Waals surface area contributed by atoms with Crippen LogP contribution in [0, 0.1) is 12.8 Å². The number of fused-ring (bicyclic) bond motifs is 2. The van der Waals surface area contributed by atoms with E-state index in [-0.39, 0.29) is 0 Å². The van der Waals surface area contributed by atoms with Crippen molar-refractivity contribution < 1.29 is 4.39 Å².